The number of hydrogen-bond acceptors (Lipinski definition) is 3. The third-order valence-corrected chi connectivity index (χ3v) is 4.85. The zero-order chi connectivity index (χ0) is 18.7. The maximum absolute atomic E-state index is 12.8. The molecular weight excluding hydrogens is 343 g/mol. The lowest BCUT2D eigenvalue weighted by atomic mass is 9.98. The van der Waals surface area contributed by atoms with Gasteiger partial charge in [0.1, 0.15) is 11.6 Å². The molecule has 0 unspecified atom stereocenters. The van der Waals surface area contributed by atoms with E-state index in [1.54, 1.807) is 11.7 Å². The fourth-order valence-electron chi connectivity index (χ4n) is 3.46. The van der Waals surface area contributed by atoms with Gasteiger partial charge in [-0.1, -0.05) is 18.2 Å². The summed E-state index contributed by atoms with van der Waals surface area (Å²) in [5, 5.41) is 3.51. The number of aromatic nitrogens is 2. The standard InChI is InChI=1S/C19H24F3N3O/c1-13(9-15-5-3-4-6-16(15)26-2)23-10-14-7-8-18-24-17(19(20,21)22)12-25(18)11-14/h3-6,12-14,23H,7-11H2,1-2H3/t13-,14+/m0/s1. The van der Waals surface area contributed by atoms with E-state index in [1.807, 2.05) is 24.3 Å². The van der Waals surface area contributed by atoms with Gasteiger partial charge in [0.05, 0.1) is 7.11 Å². The number of aryl methyl sites for hydroxylation is 1. The molecule has 0 aliphatic carbocycles. The Morgan fingerprint density at radius 1 is 1.35 bits per heavy atom. The molecule has 0 fully saturated rings. The van der Waals surface area contributed by atoms with Crippen molar-refractivity contribution >= 4 is 0 Å². The van der Waals surface area contributed by atoms with Crippen molar-refractivity contribution in [2.45, 2.75) is 44.9 Å². The van der Waals surface area contributed by atoms with Crippen LogP contribution in [0.25, 0.3) is 0 Å². The van der Waals surface area contributed by atoms with Crippen LogP contribution < -0.4 is 10.1 Å². The minimum absolute atomic E-state index is 0.251. The molecule has 2 heterocycles. The molecule has 7 heteroatoms. The van der Waals surface area contributed by atoms with Crippen LogP contribution in [0.1, 0.15) is 30.4 Å². The molecule has 1 aliphatic heterocycles. The zero-order valence-electron chi connectivity index (χ0n) is 15.0. The Morgan fingerprint density at radius 2 is 2.12 bits per heavy atom. The molecule has 2 atom stereocenters. The van der Waals surface area contributed by atoms with Gasteiger partial charge < -0.3 is 14.6 Å². The fraction of sp³-hybridized carbons (Fsp3) is 0.526. The minimum Gasteiger partial charge on any atom is -0.496 e. The molecule has 4 nitrogen and oxygen atoms in total. The molecule has 0 saturated heterocycles. The number of halogens is 3. The quantitative estimate of drug-likeness (QED) is 0.846. The molecular formula is C19H24F3N3O. The van der Waals surface area contributed by atoms with Crippen molar-refractivity contribution in [3.8, 4) is 5.75 Å². The van der Waals surface area contributed by atoms with Crippen LogP contribution in [0.4, 0.5) is 13.2 Å². The SMILES string of the molecule is COc1ccccc1C[C@H](C)NC[C@H]1CCc2nc(C(F)(F)F)cn2C1. The highest BCUT2D eigenvalue weighted by Crippen LogP contribution is 2.30. The van der Waals surface area contributed by atoms with Crippen LogP contribution in [-0.2, 0) is 25.6 Å². The van der Waals surface area contributed by atoms with Gasteiger partial charge in [-0.15, -0.1) is 0 Å². The Morgan fingerprint density at radius 3 is 2.85 bits per heavy atom. The third-order valence-electron chi connectivity index (χ3n) is 4.85. The van der Waals surface area contributed by atoms with Gasteiger partial charge >= 0.3 is 6.18 Å². The molecule has 2 aromatic rings. The summed E-state index contributed by atoms with van der Waals surface area (Å²) in [6.07, 6.45) is -0.960. The summed E-state index contributed by atoms with van der Waals surface area (Å²) in [5.74, 6) is 1.72. The lowest BCUT2D eigenvalue weighted by Gasteiger charge is -2.26. The van der Waals surface area contributed by atoms with E-state index in [-0.39, 0.29) is 6.04 Å². The Labute approximate surface area is 151 Å². The number of nitrogens with one attached hydrogen (secondary N) is 1. The Bertz CT molecular complexity index is 742. The van der Waals surface area contributed by atoms with Gasteiger partial charge in [0.2, 0.25) is 0 Å². The number of alkyl halides is 3. The smallest absolute Gasteiger partial charge is 0.434 e. The van der Waals surface area contributed by atoms with Gasteiger partial charge in [-0.05, 0) is 43.9 Å². The predicted molar refractivity (Wildman–Crippen MR) is 93.2 cm³/mol. The molecule has 0 amide bonds. The first-order valence-electron chi connectivity index (χ1n) is 8.85. The number of fused-ring (bicyclic) bond motifs is 1. The van der Waals surface area contributed by atoms with Crippen LogP contribution >= 0.6 is 0 Å². The highest BCUT2D eigenvalue weighted by Gasteiger charge is 2.35. The van der Waals surface area contributed by atoms with Gasteiger partial charge in [-0.25, -0.2) is 4.98 Å². The first-order chi connectivity index (χ1) is 12.4. The summed E-state index contributed by atoms with van der Waals surface area (Å²) >= 11 is 0. The number of imidazole rings is 1. The van der Waals surface area contributed by atoms with Gasteiger partial charge in [0.15, 0.2) is 5.69 Å². The summed E-state index contributed by atoms with van der Waals surface area (Å²) in [6.45, 7) is 3.46. The molecule has 0 radical (unpaired) electrons. The van der Waals surface area contributed by atoms with Gasteiger partial charge in [0.25, 0.3) is 0 Å². The second-order valence-electron chi connectivity index (χ2n) is 6.92. The minimum atomic E-state index is -4.37. The summed E-state index contributed by atoms with van der Waals surface area (Å²) in [6, 6.07) is 8.18. The van der Waals surface area contributed by atoms with E-state index < -0.39 is 11.9 Å². The van der Waals surface area contributed by atoms with Crippen LogP contribution in [0.15, 0.2) is 30.5 Å². The van der Waals surface area contributed by atoms with Crippen LogP contribution in [0.2, 0.25) is 0 Å². The first-order valence-corrected chi connectivity index (χ1v) is 8.85. The van der Waals surface area contributed by atoms with E-state index in [1.165, 1.54) is 0 Å². The maximum Gasteiger partial charge on any atom is 0.434 e. The molecule has 0 saturated carbocycles. The number of benzene rings is 1. The number of para-hydroxylation sites is 1. The van der Waals surface area contributed by atoms with Crippen molar-refractivity contribution in [2.75, 3.05) is 13.7 Å². The van der Waals surface area contributed by atoms with Crippen molar-refractivity contribution in [3.63, 3.8) is 0 Å². The lowest BCUT2D eigenvalue weighted by molar-refractivity contribution is -0.141. The van der Waals surface area contributed by atoms with Crippen LogP contribution in [-0.4, -0.2) is 29.2 Å². The Balaban J connectivity index is 1.53. The van der Waals surface area contributed by atoms with Crippen molar-refractivity contribution < 1.29 is 17.9 Å². The van der Waals surface area contributed by atoms with E-state index >= 15 is 0 Å². The van der Waals surface area contributed by atoms with Gasteiger partial charge in [-0.3, -0.25) is 0 Å². The van der Waals surface area contributed by atoms with Crippen LogP contribution in [0.5, 0.6) is 5.75 Å². The number of hydrogen-bond donors (Lipinski definition) is 1. The fourth-order valence-corrected chi connectivity index (χ4v) is 3.46. The number of methoxy groups -OCH3 is 1. The molecule has 26 heavy (non-hydrogen) atoms. The van der Waals surface area contributed by atoms with E-state index in [0.29, 0.717) is 24.7 Å². The highest BCUT2D eigenvalue weighted by molar-refractivity contribution is 5.33. The third kappa shape index (κ3) is 4.38. The number of ether oxygens (including phenoxy) is 1. The molecule has 1 N–H and O–H groups in total. The van der Waals surface area contributed by atoms with Crippen molar-refractivity contribution in [1.29, 1.82) is 0 Å². The molecule has 1 aromatic carbocycles. The molecule has 0 spiro atoms. The summed E-state index contributed by atoms with van der Waals surface area (Å²) in [7, 11) is 1.66. The Hall–Kier alpha value is -2.02. The van der Waals surface area contributed by atoms with E-state index in [4.69, 9.17) is 4.74 Å². The molecule has 1 aromatic heterocycles. The molecule has 1 aliphatic rings. The summed E-state index contributed by atoms with van der Waals surface area (Å²) in [5.41, 5.74) is 0.357. The lowest BCUT2D eigenvalue weighted by Crippen LogP contribution is -2.36. The maximum atomic E-state index is 12.8. The average molecular weight is 367 g/mol. The van der Waals surface area contributed by atoms with E-state index in [9.17, 15) is 13.2 Å². The van der Waals surface area contributed by atoms with Gasteiger partial charge in [-0.2, -0.15) is 13.2 Å². The number of nitrogens with zero attached hydrogens (tertiary/aromatic N) is 2. The predicted octanol–water partition coefficient (Wildman–Crippen LogP) is 3.69. The topological polar surface area (TPSA) is 39.1 Å². The second-order valence-corrected chi connectivity index (χ2v) is 6.92. The number of rotatable bonds is 6. The largest absolute Gasteiger partial charge is 0.496 e. The van der Waals surface area contributed by atoms with Crippen LogP contribution in [0, 0.1) is 5.92 Å². The molecule has 0 bridgehead atoms. The van der Waals surface area contributed by atoms with Crippen molar-refractivity contribution in [3.05, 3.63) is 47.5 Å². The van der Waals surface area contributed by atoms with Crippen LogP contribution in [0.3, 0.4) is 0 Å². The summed E-state index contributed by atoms with van der Waals surface area (Å²) < 4.78 is 45.4. The molecule has 142 valence electrons. The second kappa shape index (κ2) is 7.70. The first kappa shape index (κ1) is 18.8. The van der Waals surface area contributed by atoms with E-state index in [0.717, 1.165) is 36.9 Å². The zero-order valence-corrected chi connectivity index (χ0v) is 15.0. The monoisotopic (exact) mass is 367 g/mol. The van der Waals surface area contributed by atoms with Crippen molar-refractivity contribution in [2.24, 2.45) is 5.92 Å². The highest BCUT2D eigenvalue weighted by atomic mass is 19.4. The summed E-state index contributed by atoms with van der Waals surface area (Å²) in [4.78, 5) is 3.73. The Kier molecular flexibility index (Phi) is 5.55. The molecule has 3 rings (SSSR count). The van der Waals surface area contributed by atoms with E-state index in [2.05, 4.69) is 17.2 Å². The van der Waals surface area contributed by atoms with Gasteiger partial charge in [0, 0.05) is 25.2 Å². The average Bonchev–Trinajstić information content (AvgIpc) is 3.04. The normalized spacial score (nSPS) is 18.4. The van der Waals surface area contributed by atoms with Crippen molar-refractivity contribution in [1.82, 2.24) is 14.9 Å².